The van der Waals surface area contributed by atoms with Crippen LogP contribution in [0.2, 0.25) is 0 Å². The molecule has 1 aliphatic rings. The summed E-state index contributed by atoms with van der Waals surface area (Å²) in [5.74, 6) is 1.49. The van der Waals surface area contributed by atoms with Gasteiger partial charge in [-0.25, -0.2) is 10.4 Å². The topological polar surface area (TPSA) is 36.4 Å². The fraction of sp³-hybridized carbons (Fsp3) is 0.600. The molecule has 0 bridgehead atoms. The van der Waals surface area contributed by atoms with Crippen molar-refractivity contribution in [2.24, 2.45) is 10.9 Å². The molecule has 0 aliphatic carbocycles. The van der Waals surface area contributed by atoms with E-state index < -0.39 is 0 Å². The summed E-state index contributed by atoms with van der Waals surface area (Å²) in [5.41, 5.74) is 5.68. The quantitative estimate of drug-likeness (QED) is 0.510. The van der Waals surface area contributed by atoms with Crippen molar-refractivity contribution in [1.29, 1.82) is 0 Å². The number of rotatable bonds is 1. The molecule has 0 fully saturated rings. The second-order valence-corrected chi connectivity index (χ2v) is 2.07. The van der Waals surface area contributed by atoms with E-state index in [1.807, 2.05) is 0 Å². The molecule has 45 valence electrons. The van der Waals surface area contributed by atoms with E-state index in [1.54, 1.807) is 6.67 Å². The van der Waals surface area contributed by atoms with Crippen LogP contribution in [-0.2, 0) is 0 Å². The molecule has 1 radical (unpaired) electrons. The zero-order valence-electron chi connectivity index (χ0n) is 5.10. The van der Waals surface area contributed by atoms with Crippen LogP contribution in [0.15, 0.2) is 4.99 Å². The van der Waals surface area contributed by atoms with Crippen LogP contribution in [-0.4, -0.2) is 5.84 Å². The molecular weight excluding hydrogens is 102 g/mol. The van der Waals surface area contributed by atoms with E-state index in [-0.39, 0.29) is 0 Å². The van der Waals surface area contributed by atoms with Crippen LogP contribution in [0.25, 0.3) is 0 Å². The molecule has 1 aliphatic heterocycles. The van der Waals surface area contributed by atoms with Crippen LogP contribution in [0.4, 0.5) is 0 Å². The molecule has 0 atom stereocenters. The van der Waals surface area contributed by atoms with E-state index in [2.05, 4.69) is 29.7 Å². The molecule has 0 aromatic heterocycles. The number of aliphatic imine (C=N–C) groups is 1. The van der Waals surface area contributed by atoms with Crippen LogP contribution < -0.4 is 10.9 Å². The summed E-state index contributed by atoms with van der Waals surface area (Å²) in [7, 11) is 0. The first-order valence-electron chi connectivity index (χ1n) is 2.71. The van der Waals surface area contributed by atoms with Crippen molar-refractivity contribution in [2.75, 3.05) is 0 Å². The Morgan fingerprint density at radius 2 is 2.38 bits per heavy atom. The second-order valence-electron chi connectivity index (χ2n) is 2.07. The number of hydrazine groups is 1. The van der Waals surface area contributed by atoms with Crippen LogP contribution in [0.3, 0.4) is 0 Å². The van der Waals surface area contributed by atoms with Crippen molar-refractivity contribution in [3.63, 3.8) is 0 Å². The van der Waals surface area contributed by atoms with Crippen molar-refractivity contribution in [1.82, 2.24) is 10.9 Å². The summed E-state index contributed by atoms with van der Waals surface area (Å²) in [6.45, 7) is 5.83. The zero-order chi connectivity index (χ0) is 5.98. The number of nitrogens with zero attached hydrogens (tertiary/aromatic N) is 1. The van der Waals surface area contributed by atoms with Crippen molar-refractivity contribution in [3.8, 4) is 0 Å². The third-order valence-electron chi connectivity index (χ3n) is 1.02. The Morgan fingerprint density at radius 1 is 1.62 bits per heavy atom. The molecule has 3 heteroatoms. The predicted molar refractivity (Wildman–Crippen MR) is 32.8 cm³/mol. The maximum atomic E-state index is 4.00. The molecule has 0 saturated carbocycles. The van der Waals surface area contributed by atoms with Gasteiger partial charge in [-0.05, 0) is 0 Å². The van der Waals surface area contributed by atoms with Gasteiger partial charge >= 0.3 is 0 Å². The first-order chi connectivity index (χ1) is 3.80. The van der Waals surface area contributed by atoms with Gasteiger partial charge in [0.15, 0.2) is 6.67 Å². The Labute approximate surface area is 49.2 Å². The number of nitrogens with one attached hydrogen (secondary N) is 2. The van der Waals surface area contributed by atoms with Crippen LogP contribution in [0.1, 0.15) is 13.8 Å². The third-order valence-corrected chi connectivity index (χ3v) is 1.02. The fourth-order valence-corrected chi connectivity index (χ4v) is 0.534. The Bertz CT molecular complexity index is 106. The summed E-state index contributed by atoms with van der Waals surface area (Å²) in [6, 6.07) is 0. The predicted octanol–water partition coefficient (Wildman–Crippen LogP) is 0.268. The SMILES string of the molecule is CC(C)C1=N[CH]NN1. The monoisotopic (exact) mass is 112 g/mol. The summed E-state index contributed by atoms with van der Waals surface area (Å²) >= 11 is 0. The van der Waals surface area contributed by atoms with Crippen LogP contribution >= 0.6 is 0 Å². The van der Waals surface area contributed by atoms with E-state index >= 15 is 0 Å². The number of hydrogen-bond acceptors (Lipinski definition) is 3. The van der Waals surface area contributed by atoms with Gasteiger partial charge in [-0.15, -0.1) is 0 Å². The van der Waals surface area contributed by atoms with E-state index in [1.165, 1.54) is 0 Å². The molecular formula is C5H10N3. The largest absolute Gasteiger partial charge is 0.307 e. The Morgan fingerprint density at radius 3 is 2.62 bits per heavy atom. The summed E-state index contributed by atoms with van der Waals surface area (Å²) < 4.78 is 0. The lowest BCUT2D eigenvalue weighted by molar-refractivity contribution is 0.757. The highest BCUT2D eigenvalue weighted by atomic mass is 15.5. The lowest BCUT2D eigenvalue weighted by Gasteiger charge is -2.02. The first kappa shape index (κ1) is 5.56. The highest BCUT2D eigenvalue weighted by Gasteiger charge is 2.07. The molecule has 1 rings (SSSR count). The number of amidine groups is 1. The Balaban J connectivity index is 2.45. The average Bonchev–Trinajstić information content (AvgIpc) is 2.12. The van der Waals surface area contributed by atoms with Gasteiger partial charge in [0.05, 0.1) is 0 Å². The molecule has 0 spiro atoms. The summed E-state index contributed by atoms with van der Waals surface area (Å²) in [5, 5.41) is 0. The lowest BCUT2D eigenvalue weighted by atomic mass is 10.2. The van der Waals surface area contributed by atoms with Crippen molar-refractivity contribution in [3.05, 3.63) is 6.67 Å². The van der Waals surface area contributed by atoms with Gasteiger partial charge < -0.3 is 5.43 Å². The minimum absolute atomic E-state index is 0.487. The standard InChI is InChI=1S/C5H10N3/c1-4(2)5-6-3-7-8-5/h3-4,7H,1-2H3,(H,6,8). The first-order valence-corrected chi connectivity index (χ1v) is 2.71. The molecule has 3 nitrogen and oxygen atoms in total. The fourth-order valence-electron chi connectivity index (χ4n) is 0.534. The van der Waals surface area contributed by atoms with Gasteiger partial charge in [0.2, 0.25) is 0 Å². The normalized spacial score (nSPS) is 18.6. The molecule has 0 aromatic rings. The Hall–Kier alpha value is -0.570. The molecule has 8 heavy (non-hydrogen) atoms. The minimum atomic E-state index is 0.487. The van der Waals surface area contributed by atoms with E-state index in [0.29, 0.717) is 5.92 Å². The van der Waals surface area contributed by atoms with Crippen molar-refractivity contribution in [2.45, 2.75) is 13.8 Å². The minimum Gasteiger partial charge on any atom is -0.307 e. The highest BCUT2D eigenvalue weighted by Crippen LogP contribution is 1.96. The summed E-state index contributed by atoms with van der Waals surface area (Å²) in [6.07, 6.45) is 0. The van der Waals surface area contributed by atoms with Gasteiger partial charge in [-0.3, -0.25) is 0 Å². The smallest absolute Gasteiger partial charge is 0.155 e. The van der Waals surface area contributed by atoms with Crippen molar-refractivity contribution < 1.29 is 0 Å². The average molecular weight is 112 g/mol. The maximum absolute atomic E-state index is 4.00. The van der Waals surface area contributed by atoms with Gasteiger partial charge in [-0.1, -0.05) is 13.8 Å². The van der Waals surface area contributed by atoms with Crippen molar-refractivity contribution >= 4 is 5.84 Å². The highest BCUT2D eigenvalue weighted by molar-refractivity contribution is 5.85. The van der Waals surface area contributed by atoms with E-state index in [4.69, 9.17) is 0 Å². The van der Waals surface area contributed by atoms with Crippen LogP contribution in [0.5, 0.6) is 0 Å². The second kappa shape index (κ2) is 2.13. The molecule has 0 aromatic carbocycles. The molecule has 1 heterocycles. The molecule has 0 saturated heterocycles. The van der Waals surface area contributed by atoms with Gasteiger partial charge in [0, 0.05) is 5.92 Å². The zero-order valence-corrected chi connectivity index (χ0v) is 5.10. The summed E-state index contributed by atoms with van der Waals surface area (Å²) in [4.78, 5) is 4.00. The van der Waals surface area contributed by atoms with Gasteiger partial charge in [0.1, 0.15) is 5.84 Å². The maximum Gasteiger partial charge on any atom is 0.155 e. The third kappa shape index (κ3) is 0.980. The van der Waals surface area contributed by atoms with Gasteiger partial charge in [0.25, 0.3) is 0 Å². The lowest BCUT2D eigenvalue weighted by Crippen LogP contribution is -2.31. The molecule has 0 amide bonds. The molecule has 2 N–H and O–H groups in total. The van der Waals surface area contributed by atoms with Crippen LogP contribution in [0, 0.1) is 12.6 Å². The molecule has 0 unspecified atom stereocenters. The van der Waals surface area contributed by atoms with E-state index in [0.717, 1.165) is 5.84 Å². The van der Waals surface area contributed by atoms with E-state index in [9.17, 15) is 0 Å². The van der Waals surface area contributed by atoms with Gasteiger partial charge in [-0.2, -0.15) is 0 Å². The Kier molecular flexibility index (Phi) is 1.48. The number of hydrogen-bond donors (Lipinski definition) is 2.